The Labute approximate surface area is 164 Å². The van der Waals surface area contributed by atoms with Crippen molar-refractivity contribution in [2.24, 2.45) is 0 Å². The lowest BCUT2D eigenvalue weighted by Crippen LogP contribution is -2.44. The van der Waals surface area contributed by atoms with Gasteiger partial charge in [-0.15, -0.1) is 0 Å². The summed E-state index contributed by atoms with van der Waals surface area (Å²) in [4.78, 5) is 26.1. The fourth-order valence-corrected chi connectivity index (χ4v) is 2.70. The van der Waals surface area contributed by atoms with Crippen molar-refractivity contribution < 1.29 is 14.3 Å². The number of carbonyl (C=O) groups excluding carboxylic acids is 2. The highest BCUT2D eigenvalue weighted by Crippen LogP contribution is 2.16. The fraction of sp³-hybridized carbons (Fsp3) is 0.238. The Kier molecular flexibility index (Phi) is 7.44. The minimum Gasteiger partial charge on any atom is -0.497 e. The molecule has 0 aliphatic carbocycles. The first-order valence-corrected chi connectivity index (χ1v) is 8.89. The smallest absolute Gasteiger partial charge is 0.244 e. The molecule has 2 rings (SSSR count). The van der Waals surface area contributed by atoms with Crippen LogP contribution in [0.3, 0.4) is 0 Å². The summed E-state index contributed by atoms with van der Waals surface area (Å²) in [5.74, 6) is 0.219. The average molecular weight is 387 g/mol. The largest absolute Gasteiger partial charge is 0.497 e. The van der Waals surface area contributed by atoms with E-state index in [4.69, 9.17) is 16.3 Å². The van der Waals surface area contributed by atoms with E-state index in [-0.39, 0.29) is 11.8 Å². The lowest BCUT2D eigenvalue weighted by atomic mass is 10.2. The fourth-order valence-electron chi connectivity index (χ4n) is 2.50. The van der Waals surface area contributed by atoms with E-state index in [9.17, 15) is 9.59 Å². The zero-order valence-corrected chi connectivity index (χ0v) is 16.4. The molecule has 0 saturated carbocycles. The number of methoxy groups -OCH3 is 1. The van der Waals surface area contributed by atoms with Crippen LogP contribution < -0.4 is 10.1 Å². The van der Waals surface area contributed by atoms with E-state index in [1.807, 2.05) is 42.5 Å². The van der Waals surface area contributed by atoms with Gasteiger partial charge in [0, 0.05) is 24.7 Å². The summed E-state index contributed by atoms with van der Waals surface area (Å²) in [5, 5.41) is 3.29. The first-order chi connectivity index (χ1) is 12.9. The van der Waals surface area contributed by atoms with Gasteiger partial charge < -0.3 is 15.0 Å². The van der Waals surface area contributed by atoms with Gasteiger partial charge in [0.15, 0.2) is 0 Å². The molecule has 2 aromatic rings. The second kappa shape index (κ2) is 9.78. The number of hydrogen-bond acceptors (Lipinski definition) is 3. The van der Waals surface area contributed by atoms with Crippen LogP contribution in [0.25, 0.3) is 6.08 Å². The van der Waals surface area contributed by atoms with Gasteiger partial charge in [-0.25, -0.2) is 0 Å². The molecule has 0 saturated heterocycles. The third-order valence-corrected chi connectivity index (χ3v) is 4.38. The molecule has 2 amide bonds. The molecule has 5 nitrogen and oxygen atoms in total. The van der Waals surface area contributed by atoms with E-state index in [2.05, 4.69) is 5.32 Å². The molecule has 142 valence electrons. The van der Waals surface area contributed by atoms with Gasteiger partial charge in [0.25, 0.3) is 0 Å². The van der Waals surface area contributed by atoms with Gasteiger partial charge in [-0.1, -0.05) is 41.9 Å². The van der Waals surface area contributed by atoms with Crippen LogP contribution in [0.4, 0.5) is 0 Å². The minimum absolute atomic E-state index is 0.193. The topological polar surface area (TPSA) is 58.6 Å². The minimum atomic E-state index is -0.648. The van der Waals surface area contributed by atoms with Gasteiger partial charge in [-0.3, -0.25) is 9.59 Å². The molecule has 1 N–H and O–H groups in total. The first-order valence-electron chi connectivity index (χ1n) is 8.51. The molecule has 0 aliphatic rings. The van der Waals surface area contributed by atoms with Gasteiger partial charge in [0.1, 0.15) is 11.8 Å². The van der Waals surface area contributed by atoms with Crippen LogP contribution in [-0.4, -0.2) is 36.9 Å². The number of amides is 2. The summed E-state index contributed by atoms with van der Waals surface area (Å²) >= 11 is 6.13. The quantitative estimate of drug-likeness (QED) is 0.740. The van der Waals surface area contributed by atoms with E-state index < -0.39 is 6.04 Å². The van der Waals surface area contributed by atoms with Crippen molar-refractivity contribution in [2.45, 2.75) is 19.5 Å². The molecule has 0 aromatic heterocycles. The number of carbonyl (C=O) groups is 2. The molecular formula is C21H23ClN2O3. The number of rotatable bonds is 7. The Morgan fingerprint density at radius 2 is 1.85 bits per heavy atom. The third-order valence-electron chi connectivity index (χ3n) is 4.01. The molecule has 0 radical (unpaired) electrons. The maximum absolute atomic E-state index is 12.5. The van der Waals surface area contributed by atoms with Crippen molar-refractivity contribution in [2.75, 3.05) is 14.2 Å². The predicted octanol–water partition coefficient (Wildman–Crippen LogP) is 3.53. The number of benzene rings is 2. The van der Waals surface area contributed by atoms with Crippen LogP contribution in [0, 0.1) is 0 Å². The van der Waals surface area contributed by atoms with Crippen LogP contribution >= 0.6 is 11.6 Å². The lowest BCUT2D eigenvalue weighted by Gasteiger charge is -2.22. The normalized spacial score (nSPS) is 11.9. The summed E-state index contributed by atoms with van der Waals surface area (Å²) in [6.07, 6.45) is 3.08. The predicted molar refractivity (Wildman–Crippen MR) is 108 cm³/mol. The number of nitrogens with zero attached hydrogens (tertiary/aromatic N) is 1. The molecule has 0 aliphatic heterocycles. The molecule has 0 fully saturated rings. The van der Waals surface area contributed by atoms with Crippen molar-refractivity contribution >= 4 is 29.5 Å². The Bertz CT molecular complexity index is 818. The zero-order chi connectivity index (χ0) is 19.8. The number of nitrogens with one attached hydrogen (secondary N) is 1. The van der Waals surface area contributed by atoms with Crippen molar-refractivity contribution in [1.82, 2.24) is 10.2 Å². The van der Waals surface area contributed by atoms with Gasteiger partial charge in [-0.2, -0.15) is 0 Å². The summed E-state index contributed by atoms with van der Waals surface area (Å²) in [6.45, 7) is 2.03. The summed E-state index contributed by atoms with van der Waals surface area (Å²) < 4.78 is 5.09. The van der Waals surface area contributed by atoms with Crippen LogP contribution in [-0.2, 0) is 16.1 Å². The summed E-state index contributed by atoms with van der Waals surface area (Å²) in [5.41, 5.74) is 1.72. The SMILES string of the molecule is COc1ccc(/C=C/C(=O)NC(C)C(=O)N(C)Cc2ccccc2Cl)cc1. The number of likely N-dealkylation sites (N-methyl/N-ethyl adjacent to an activating group) is 1. The molecule has 0 bridgehead atoms. The second-order valence-corrected chi connectivity index (χ2v) is 6.53. The number of hydrogen-bond donors (Lipinski definition) is 1. The van der Waals surface area contributed by atoms with Crippen LogP contribution in [0.15, 0.2) is 54.6 Å². The maximum Gasteiger partial charge on any atom is 0.244 e. The molecular weight excluding hydrogens is 364 g/mol. The molecule has 2 aromatic carbocycles. The molecule has 1 unspecified atom stereocenters. The van der Waals surface area contributed by atoms with Crippen LogP contribution in [0.1, 0.15) is 18.1 Å². The number of halogens is 1. The maximum atomic E-state index is 12.5. The first kappa shape index (κ1) is 20.5. The Balaban J connectivity index is 1.89. The van der Waals surface area contributed by atoms with Gasteiger partial charge >= 0.3 is 0 Å². The van der Waals surface area contributed by atoms with Crippen LogP contribution in [0.2, 0.25) is 5.02 Å². The van der Waals surface area contributed by atoms with E-state index in [1.165, 1.54) is 6.08 Å². The molecule has 6 heteroatoms. The number of ether oxygens (including phenoxy) is 1. The average Bonchev–Trinajstić information content (AvgIpc) is 2.67. The van der Waals surface area contributed by atoms with Gasteiger partial charge in [0.05, 0.1) is 7.11 Å². The monoisotopic (exact) mass is 386 g/mol. The van der Waals surface area contributed by atoms with Crippen molar-refractivity contribution in [3.8, 4) is 5.75 Å². The second-order valence-electron chi connectivity index (χ2n) is 6.12. The van der Waals surface area contributed by atoms with E-state index in [0.29, 0.717) is 11.6 Å². The Hall–Kier alpha value is -2.79. The van der Waals surface area contributed by atoms with Gasteiger partial charge in [-0.05, 0) is 42.3 Å². The lowest BCUT2D eigenvalue weighted by molar-refractivity contribution is -0.134. The molecule has 0 spiro atoms. The standard InChI is InChI=1S/C21H23ClN2O3/c1-15(21(26)24(2)14-17-6-4-5-7-19(17)22)23-20(25)13-10-16-8-11-18(27-3)12-9-16/h4-13,15H,14H2,1-3H3,(H,23,25)/b13-10+. The Morgan fingerprint density at radius 3 is 2.48 bits per heavy atom. The zero-order valence-electron chi connectivity index (χ0n) is 15.6. The van der Waals surface area contributed by atoms with Crippen molar-refractivity contribution in [3.63, 3.8) is 0 Å². The Morgan fingerprint density at radius 1 is 1.19 bits per heavy atom. The molecule has 1 atom stereocenters. The van der Waals surface area contributed by atoms with Gasteiger partial charge in [0.2, 0.25) is 11.8 Å². The molecule has 27 heavy (non-hydrogen) atoms. The van der Waals surface area contributed by atoms with E-state index in [1.54, 1.807) is 38.1 Å². The highest BCUT2D eigenvalue weighted by atomic mass is 35.5. The molecule has 0 heterocycles. The van der Waals surface area contributed by atoms with Crippen molar-refractivity contribution in [3.05, 3.63) is 70.8 Å². The third kappa shape index (κ3) is 6.15. The van der Waals surface area contributed by atoms with E-state index in [0.717, 1.165) is 16.9 Å². The highest BCUT2D eigenvalue weighted by molar-refractivity contribution is 6.31. The summed E-state index contributed by atoms with van der Waals surface area (Å²) in [7, 11) is 3.28. The van der Waals surface area contributed by atoms with Crippen LogP contribution in [0.5, 0.6) is 5.75 Å². The van der Waals surface area contributed by atoms with Crippen molar-refractivity contribution in [1.29, 1.82) is 0 Å². The summed E-state index contributed by atoms with van der Waals surface area (Å²) in [6, 6.07) is 14.0. The highest BCUT2D eigenvalue weighted by Gasteiger charge is 2.19. The van der Waals surface area contributed by atoms with E-state index >= 15 is 0 Å².